The van der Waals surface area contributed by atoms with Gasteiger partial charge < -0.3 is 5.73 Å². The van der Waals surface area contributed by atoms with Crippen LogP contribution in [0.5, 0.6) is 0 Å². The first kappa shape index (κ1) is 9.78. The van der Waals surface area contributed by atoms with Crippen molar-refractivity contribution in [3.63, 3.8) is 0 Å². The molecule has 82 valence electrons. The van der Waals surface area contributed by atoms with Gasteiger partial charge in [0, 0.05) is 10.8 Å². The van der Waals surface area contributed by atoms with E-state index in [4.69, 9.17) is 5.73 Å². The molecule has 2 aromatic rings. The van der Waals surface area contributed by atoms with Crippen molar-refractivity contribution in [1.29, 1.82) is 0 Å². The maximum Gasteiger partial charge on any atom is 0.180 e. The number of hydrogen-bond donors (Lipinski definition) is 1. The van der Waals surface area contributed by atoms with Gasteiger partial charge in [-0.15, -0.1) is 11.3 Å². The van der Waals surface area contributed by atoms with Gasteiger partial charge in [-0.2, -0.15) is 0 Å². The molecule has 1 saturated carbocycles. The summed E-state index contributed by atoms with van der Waals surface area (Å²) in [5, 5.41) is 2.61. The Morgan fingerprint density at radius 1 is 1.25 bits per heavy atom. The molecule has 0 amide bonds. The standard InChI is InChI=1S/C12H11FN2S/c13-9-3-1-8(2-4-9)12(5-6-12)10-7-16-11(14)15-10/h1-4,7H,5-6H2,(H2,14,15). The highest BCUT2D eigenvalue weighted by molar-refractivity contribution is 7.13. The van der Waals surface area contributed by atoms with Crippen LogP contribution in [0.25, 0.3) is 0 Å². The first-order valence-electron chi connectivity index (χ1n) is 5.18. The average molecular weight is 234 g/mol. The second-order valence-corrected chi connectivity index (χ2v) is 5.05. The number of hydrogen-bond acceptors (Lipinski definition) is 3. The highest BCUT2D eigenvalue weighted by Gasteiger charge is 2.47. The maximum atomic E-state index is 12.9. The number of thiazole rings is 1. The van der Waals surface area contributed by atoms with Crippen molar-refractivity contribution in [1.82, 2.24) is 4.98 Å². The van der Waals surface area contributed by atoms with Crippen LogP contribution in [0, 0.1) is 5.82 Å². The smallest absolute Gasteiger partial charge is 0.180 e. The molecule has 1 fully saturated rings. The molecular formula is C12H11FN2S. The van der Waals surface area contributed by atoms with E-state index in [1.807, 2.05) is 17.5 Å². The second-order valence-electron chi connectivity index (χ2n) is 4.16. The van der Waals surface area contributed by atoms with E-state index in [2.05, 4.69) is 4.98 Å². The molecule has 1 aromatic heterocycles. The molecule has 1 aliphatic carbocycles. The SMILES string of the molecule is Nc1nc(C2(c3ccc(F)cc3)CC2)cs1. The third-order valence-corrected chi connectivity index (χ3v) is 3.83. The molecule has 0 spiro atoms. The highest BCUT2D eigenvalue weighted by Crippen LogP contribution is 2.53. The summed E-state index contributed by atoms with van der Waals surface area (Å²) in [7, 11) is 0. The molecule has 0 aliphatic heterocycles. The molecule has 0 atom stereocenters. The normalized spacial score (nSPS) is 17.3. The predicted octanol–water partition coefficient (Wildman–Crippen LogP) is 2.94. The number of nitrogen functional groups attached to an aromatic ring is 1. The van der Waals surface area contributed by atoms with E-state index in [0.717, 1.165) is 24.1 Å². The zero-order valence-electron chi connectivity index (χ0n) is 8.61. The zero-order valence-corrected chi connectivity index (χ0v) is 9.43. The molecule has 1 heterocycles. The van der Waals surface area contributed by atoms with Crippen LogP contribution in [0.4, 0.5) is 9.52 Å². The van der Waals surface area contributed by atoms with Gasteiger partial charge in [-0.3, -0.25) is 0 Å². The Morgan fingerprint density at radius 3 is 2.44 bits per heavy atom. The minimum Gasteiger partial charge on any atom is -0.375 e. The fraction of sp³-hybridized carbons (Fsp3) is 0.250. The van der Waals surface area contributed by atoms with Gasteiger partial charge in [-0.1, -0.05) is 12.1 Å². The van der Waals surface area contributed by atoms with Crippen molar-refractivity contribution in [3.05, 3.63) is 46.7 Å². The maximum absolute atomic E-state index is 12.9. The van der Waals surface area contributed by atoms with Crippen LogP contribution in [0.15, 0.2) is 29.6 Å². The summed E-state index contributed by atoms with van der Waals surface area (Å²) in [6.45, 7) is 0. The monoisotopic (exact) mass is 234 g/mol. The van der Waals surface area contributed by atoms with E-state index >= 15 is 0 Å². The Hall–Kier alpha value is -1.42. The van der Waals surface area contributed by atoms with Gasteiger partial charge >= 0.3 is 0 Å². The quantitative estimate of drug-likeness (QED) is 0.867. The summed E-state index contributed by atoms with van der Waals surface area (Å²) >= 11 is 1.46. The minimum atomic E-state index is -0.197. The topological polar surface area (TPSA) is 38.9 Å². The largest absolute Gasteiger partial charge is 0.375 e. The summed E-state index contributed by atoms with van der Waals surface area (Å²) in [6.07, 6.45) is 2.14. The van der Waals surface area contributed by atoms with Gasteiger partial charge in [-0.05, 0) is 30.5 Å². The van der Waals surface area contributed by atoms with Gasteiger partial charge in [0.05, 0.1) is 5.69 Å². The summed E-state index contributed by atoms with van der Waals surface area (Å²) in [4.78, 5) is 4.35. The Kier molecular flexibility index (Phi) is 2.01. The molecule has 2 N–H and O–H groups in total. The summed E-state index contributed by atoms with van der Waals surface area (Å²) in [6, 6.07) is 6.70. The molecule has 0 saturated heterocycles. The molecule has 1 aliphatic rings. The van der Waals surface area contributed by atoms with Crippen molar-refractivity contribution in [2.45, 2.75) is 18.3 Å². The molecule has 0 unspecified atom stereocenters. The third kappa shape index (κ3) is 1.41. The number of nitrogens with two attached hydrogens (primary N) is 1. The van der Waals surface area contributed by atoms with E-state index in [0.29, 0.717) is 5.13 Å². The Labute approximate surface area is 96.9 Å². The zero-order chi connectivity index (χ0) is 11.2. The van der Waals surface area contributed by atoms with Crippen LogP contribution in [0.2, 0.25) is 0 Å². The lowest BCUT2D eigenvalue weighted by molar-refractivity contribution is 0.625. The minimum absolute atomic E-state index is 0.00181. The van der Waals surface area contributed by atoms with Crippen molar-refractivity contribution in [2.24, 2.45) is 0 Å². The highest BCUT2D eigenvalue weighted by atomic mass is 32.1. The molecular weight excluding hydrogens is 223 g/mol. The van der Waals surface area contributed by atoms with Crippen LogP contribution in [0.1, 0.15) is 24.1 Å². The van der Waals surface area contributed by atoms with Crippen LogP contribution in [-0.4, -0.2) is 4.98 Å². The number of aromatic nitrogens is 1. The first-order chi connectivity index (χ1) is 7.71. The number of rotatable bonds is 2. The molecule has 4 heteroatoms. The molecule has 1 aromatic carbocycles. The van der Waals surface area contributed by atoms with E-state index in [-0.39, 0.29) is 11.2 Å². The van der Waals surface area contributed by atoms with Gasteiger partial charge in [-0.25, -0.2) is 9.37 Å². The Balaban J connectivity index is 2.03. The number of halogens is 1. The first-order valence-corrected chi connectivity index (χ1v) is 6.06. The molecule has 16 heavy (non-hydrogen) atoms. The Bertz CT molecular complexity index is 514. The van der Waals surface area contributed by atoms with Crippen molar-refractivity contribution in [3.8, 4) is 0 Å². The number of nitrogens with zero attached hydrogens (tertiary/aromatic N) is 1. The van der Waals surface area contributed by atoms with Gasteiger partial charge in [0.25, 0.3) is 0 Å². The fourth-order valence-corrected chi connectivity index (χ4v) is 2.76. The molecule has 3 rings (SSSR count). The van der Waals surface area contributed by atoms with E-state index in [1.54, 1.807) is 0 Å². The molecule has 0 bridgehead atoms. The van der Waals surface area contributed by atoms with Crippen molar-refractivity contribution in [2.75, 3.05) is 5.73 Å². The fourth-order valence-electron chi connectivity index (χ4n) is 2.09. The summed E-state index contributed by atoms with van der Waals surface area (Å²) < 4.78 is 12.9. The van der Waals surface area contributed by atoms with Crippen LogP contribution < -0.4 is 5.73 Å². The molecule has 0 radical (unpaired) electrons. The van der Waals surface area contributed by atoms with Crippen LogP contribution in [-0.2, 0) is 5.41 Å². The van der Waals surface area contributed by atoms with Crippen LogP contribution in [0.3, 0.4) is 0 Å². The van der Waals surface area contributed by atoms with E-state index in [1.165, 1.54) is 23.5 Å². The van der Waals surface area contributed by atoms with Crippen molar-refractivity contribution >= 4 is 16.5 Å². The predicted molar refractivity (Wildman–Crippen MR) is 62.9 cm³/mol. The van der Waals surface area contributed by atoms with Crippen molar-refractivity contribution < 1.29 is 4.39 Å². The van der Waals surface area contributed by atoms with Gasteiger partial charge in [0.1, 0.15) is 5.82 Å². The number of anilines is 1. The lowest BCUT2D eigenvalue weighted by Crippen LogP contribution is -2.09. The third-order valence-electron chi connectivity index (χ3n) is 3.16. The summed E-state index contributed by atoms with van der Waals surface area (Å²) in [5.41, 5.74) is 7.82. The van der Waals surface area contributed by atoms with E-state index < -0.39 is 0 Å². The lowest BCUT2D eigenvalue weighted by atomic mass is 9.93. The Morgan fingerprint density at radius 2 is 1.94 bits per heavy atom. The number of benzene rings is 1. The summed E-state index contributed by atoms with van der Waals surface area (Å²) in [5.74, 6) is -0.197. The van der Waals surface area contributed by atoms with Gasteiger partial charge in [0.15, 0.2) is 5.13 Å². The molecule has 2 nitrogen and oxygen atoms in total. The van der Waals surface area contributed by atoms with Crippen LogP contribution >= 0.6 is 11.3 Å². The second kappa shape index (κ2) is 3.28. The lowest BCUT2D eigenvalue weighted by Gasteiger charge is -2.12. The average Bonchev–Trinajstić information content (AvgIpc) is 2.97. The van der Waals surface area contributed by atoms with E-state index in [9.17, 15) is 4.39 Å². The van der Waals surface area contributed by atoms with Gasteiger partial charge in [0.2, 0.25) is 0 Å².